The van der Waals surface area contributed by atoms with Gasteiger partial charge in [0.25, 0.3) is 0 Å². The summed E-state index contributed by atoms with van der Waals surface area (Å²) in [5.74, 6) is 0. The zero-order valence-corrected chi connectivity index (χ0v) is 5.22. The van der Waals surface area contributed by atoms with E-state index in [0.717, 1.165) is 12.8 Å². The minimum atomic E-state index is 1.05. The van der Waals surface area contributed by atoms with Crippen molar-refractivity contribution in [3.63, 3.8) is 0 Å². The number of hydrogen-bond acceptors (Lipinski definition) is 0. The van der Waals surface area contributed by atoms with Gasteiger partial charge in [-0.1, -0.05) is 24.3 Å². The molecule has 0 N–H and O–H groups in total. The van der Waals surface area contributed by atoms with Gasteiger partial charge in [0.15, 0.2) is 0 Å². The summed E-state index contributed by atoms with van der Waals surface area (Å²) >= 11 is 0. The average molecular weight is 116 g/mol. The standard InChI is InChI=1S/C9H8/c1-2-5-9-7-3-6-8(9)4-1/h1-2,4-5H,6-7H2. The lowest BCUT2D eigenvalue weighted by molar-refractivity contribution is 1.17. The Kier molecular flexibility index (Phi) is 1.05. The molecule has 0 atom stereocenters. The second kappa shape index (κ2) is 1.87. The summed E-state index contributed by atoms with van der Waals surface area (Å²) in [5, 5.41) is 0. The monoisotopic (exact) mass is 116 g/mol. The number of rotatable bonds is 0. The number of benzene rings is 1. The summed E-state index contributed by atoms with van der Waals surface area (Å²) < 4.78 is 0. The lowest BCUT2D eigenvalue weighted by atomic mass is 10.1. The molecule has 2 rings (SSSR count). The van der Waals surface area contributed by atoms with Gasteiger partial charge >= 0.3 is 0 Å². The normalized spacial score (nSPS) is 15.6. The minimum absolute atomic E-state index is 1.05. The zero-order valence-electron chi connectivity index (χ0n) is 5.22. The Morgan fingerprint density at radius 1 is 1.00 bits per heavy atom. The molecule has 0 aliphatic heterocycles. The Balaban J connectivity index is 2.54. The first-order chi connectivity index (χ1) is 4.47. The molecule has 9 heavy (non-hydrogen) atoms. The van der Waals surface area contributed by atoms with Gasteiger partial charge in [0.05, 0.1) is 0 Å². The van der Waals surface area contributed by atoms with Crippen LogP contribution in [0.4, 0.5) is 0 Å². The molecule has 0 heterocycles. The lowest BCUT2D eigenvalue weighted by Gasteiger charge is -1.93. The van der Waals surface area contributed by atoms with Crippen LogP contribution in [0.25, 0.3) is 0 Å². The smallest absolute Gasteiger partial charge is 0.00793 e. The molecule has 44 valence electrons. The molecular formula is C9H8. The summed E-state index contributed by atoms with van der Waals surface area (Å²) in [6.45, 7) is 0. The van der Waals surface area contributed by atoms with Crippen LogP contribution >= 0.6 is 0 Å². The molecule has 0 amide bonds. The van der Waals surface area contributed by atoms with E-state index in [1.165, 1.54) is 11.1 Å². The fourth-order valence-corrected chi connectivity index (χ4v) is 1.23. The Labute approximate surface area is 55.5 Å². The second-order valence-electron chi connectivity index (χ2n) is 2.37. The molecule has 0 bridgehead atoms. The maximum Gasteiger partial charge on any atom is -0.00793 e. The molecule has 0 saturated heterocycles. The predicted octanol–water partition coefficient (Wildman–Crippen LogP) is 1.87. The van der Waals surface area contributed by atoms with Gasteiger partial charge < -0.3 is 0 Å². The molecule has 0 saturated carbocycles. The maximum absolute atomic E-state index is 3.29. The van der Waals surface area contributed by atoms with Gasteiger partial charge in [0.1, 0.15) is 0 Å². The largest absolute Gasteiger partial charge is 0.0620 e. The Morgan fingerprint density at radius 3 is 2.11 bits per heavy atom. The van der Waals surface area contributed by atoms with Gasteiger partial charge in [-0.25, -0.2) is 0 Å². The van der Waals surface area contributed by atoms with Crippen molar-refractivity contribution in [2.75, 3.05) is 0 Å². The molecule has 0 fully saturated rings. The molecule has 0 nitrogen and oxygen atoms in total. The first kappa shape index (κ1) is 5.04. The molecule has 0 unspecified atom stereocenters. The van der Waals surface area contributed by atoms with Crippen LogP contribution in [-0.4, -0.2) is 0 Å². The van der Waals surface area contributed by atoms with Crippen molar-refractivity contribution in [2.45, 2.75) is 12.8 Å². The summed E-state index contributed by atoms with van der Waals surface area (Å²) in [7, 11) is 0. The zero-order chi connectivity index (χ0) is 6.10. The van der Waals surface area contributed by atoms with Gasteiger partial charge in [-0.2, -0.15) is 0 Å². The highest BCUT2D eigenvalue weighted by atomic mass is 14.1. The van der Waals surface area contributed by atoms with Crippen molar-refractivity contribution in [1.29, 1.82) is 0 Å². The molecule has 0 spiro atoms. The van der Waals surface area contributed by atoms with Crippen LogP contribution in [0.1, 0.15) is 11.1 Å². The SMILES string of the molecule is [C]1Cc2ccccc2C1. The molecule has 0 heteroatoms. The lowest BCUT2D eigenvalue weighted by Crippen LogP contribution is -1.77. The Bertz CT molecular complexity index is 190. The summed E-state index contributed by atoms with van der Waals surface area (Å²) in [5.41, 5.74) is 2.91. The molecule has 1 aliphatic rings. The molecule has 2 radical (unpaired) electrons. The Hall–Kier alpha value is -0.780. The van der Waals surface area contributed by atoms with Crippen molar-refractivity contribution in [3.8, 4) is 0 Å². The number of hydrogen-bond donors (Lipinski definition) is 0. The van der Waals surface area contributed by atoms with Crippen LogP contribution in [0.2, 0.25) is 0 Å². The van der Waals surface area contributed by atoms with Crippen molar-refractivity contribution in [3.05, 3.63) is 41.8 Å². The van der Waals surface area contributed by atoms with Gasteiger partial charge in [-0.15, -0.1) is 0 Å². The van der Waals surface area contributed by atoms with Crippen molar-refractivity contribution < 1.29 is 0 Å². The predicted molar refractivity (Wildman–Crippen MR) is 37.1 cm³/mol. The van der Waals surface area contributed by atoms with Crippen molar-refractivity contribution in [2.24, 2.45) is 0 Å². The van der Waals surface area contributed by atoms with E-state index in [0.29, 0.717) is 0 Å². The summed E-state index contributed by atoms with van der Waals surface area (Å²) in [4.78, 5) is 0. The van der Waals surface area contributed by atoms with E-state index >= 15 is 0 Å². The topological polar surface area (TPSA) is 0 Å². The van der Waals surface area contributed by atoms with E-state index in [9.17, 15) is 0 Å². The summed E-state index contributed by atoms with van der Waals surface area (Å²) in [6, 6.07) is 8.53. The highest BCUT2D eigenvalue weighted by Crippen LogP contribution is 2.19. The molecule has 0 aromatic heterocycles. The highest BCUT2D eigenvalue weighted by Gasteiger charge is 2.07. The van der Waals surface area contributed by atoms with Crippen LogP contribution in [0.15, 0.2) is 24.3 Å². The van der Waals surface area contributed by atoms with Crippen LogP contribution < -0.4 is 0 Å². The summed E-state index contributed by atoms with van der Waals surface area (Å²) in [6.07, 6.45) is 5.39. The third kappa shape index (κ3) is 0.748. The molecule has 1 aliphatic carbocycles. The second-order valence-corrected chi connectivity index (χ2v) is 2.37. The van der Waals surface area contributed by atoms with Crippen LogP contribution in [0.5, 0.6) is 0 Å². The first-order valence-corrected chi connectivity index (χ1v) is 3.24. The fourth-order valence-electron chi connectivity index (χ4n) is 1.23. The van der Waals surface area contributed by atoms with Gasteiger partial charge in [0, 0.05) is 0 Å². The van der Waals surface area contributed by atoms with E-state index in [1.54, 1.807) is 0 Å². The van der Waals surface area contributed by atoms with E-state index in [4.69, 9.17) is 0 Å². The van der Waals surface area contributed by atoms with Crippen LogP contribution in [0.3, 0.4) is 0 Å². The minimum Gasteiger partial charge on any atom is -0.0620 e. The van der Waals surface area contributed by atoms with Gasteiger partial charge in [0.2, 0.25) is 0 Å². The van der Waals surface area contributed by atoms with E-state index in [1.807, 2.05) is 0 Å². The van der Waals surface area contributed by atoms with Crippen LogP contribution in [-0.2, 0) is 12.8 Å². The Morgan fingerprint density at radius 2 is 1.56 bits per heavy atom. The van der Waals surface area contributed by atoms with E-state index < -0.39 is 0 Å². The third-order valence-corrected chi connectivity index (χ3v) is 1.75. The van der Waals surface area contributed by atoms with Gasteiger partial charge in [-0.05, 0) is 30.4 Å². The highest BCUT2D eigenvalue weighted by molar-refractivity contribution is 5.33. The first-order valence-electron chi connectivity index (χ1n) is 3.24. The molecule has 1 aromatic carbocycles. The average Bonchev–Trinajstić information content (AvgIpc) is 2.33. The maximum atomic E-state index is 3.29. The fraction of sp³-hybridized carbons (Fsp3) is 0.222. The van der Waals surface area contributed by atoms with E-state index in [-0.39, 0.29) is 0 Å². The quantitative estimate of drug-likeness (QED) is 0.485. The van der Waals surface area contributed by atoms with Gasteiger partial charge in [-0.3, -0.25) is 0 Å². The van der Waals surface area contributed by atoms with Crippen molar-refractivity contribution >= 4 is 0 Å². The number of fused-ring (bicyclic) bond motifs is 1. The van der Waals surface area contributed by atoms with E-state index in [2.05, 4.69) is 30.7 Å². The third-order valence-electron chi connectivity index (χ3n) is 1.75. The van der Waals surface area contributed by atoms with Crippen molar-refractivity contribution in [1.82, 2.24) is 0 Å². The van der Waals surface area contributed by atoms with Crippen LogP contribution in [0, 0.1) is 6.42 Å². The molecule has 1 aromatic rings. The molecular weight excluding hydrogens is 108 g/mol.